The van der Waals surface area contributed by atoms with E-state index in [0.717, 1.165) is 24.9 Å². The SMILES string of the molecule is COc1ccc2c(c1OC)[C@]13CCN(C)[C@H](C2)[C@]1(O)CCC(=O)C3. The monoisotopic (exact) mass is 331 g/mol. The topological polar surface area (TPSA) is 59.0 Å². The Kier molecular flexibility index (Phi) is 3.45. The van der Waals surface area contributed by atoms with Crippen molar-refractivity contribution in [1.82, 2.24) is 4.90 Å². The van der Waals surface area contributed by atoms with Crippen LogP contribution in [0.4, 0.5) is 0 Å². The van der Waals surface area contributed by atoms with Crippen LogP contribution in [0.3, 0.4) is 0 Å². The maximum Gasteiger partial charge on any atom is 0.164 e. The molecule has 130 valence electrons. The Morgan fingerprint density at radius 1 is 1.25 bits per heavy atom. The van der Waals surface area contributed by atoms with Crippen LogP contribution in [0, 0.1) is 0 Å². The minimum absolute atomic E-state index is 0.0463. The number of hydrogen-bond donors (Lipinski definition) is 1. The van der Waals surface area contributed by atoms with Gasteiger partial charge in [-0.25, -0.2) is 0 Å². The number of hydrogen-bond acceptors (Lipinski definition) is 5. The van der Waals surface area contributed by atoms with Crippen molar-refractivity contribution in [2.75, 3.05) is 27.8 Å². The van der Waals surface area contributed by atoms with Gasteiger partial charge in [0.2, 0.25) is 0 Å². The summed E-state index contributed by atoms with van der Waals surface area (Å²) in [5, 5.41) is 11.8. The molecule has 1 saturated heterocycles. The molecule has 0 aromatic heterocycles. The molecule has 2 fully saturated rings. The maximum absolute atomic E-state index is 12.4. The zero-order chi connectivity index (χ0) is 17.1. The molecule has 0 unspecified atom stereocenters. The van der Waals surface area contributed by atoms with Gasteiger partial charge in [-0.1, -0.05) is 6.07 Å². The molecule has 4 rings (SSSR count). The van der Waals surface area contributed by atoms with Gasteiger partial charge >= 0.3 is 0 Å². The van der Waals surface area contributed by atoms with Gasteiger partial charge in [0.05, 0.1) is 19.8 Å². The van der Waals surface area contributed by atoms with Gasteiger partial charge in [-0.05, 0) is 44.5 Å². The highest BCUT2D eigenvalue weighted by atomic mass is 16.5. The number of piperidine rings is 1. The van der Waals surface area contributed by atoms with Gasteiger partial charge in [-0.3, -0.25) is 4.79 Å². The van der Waals surface area contributed by atoms with Gasteiger partial charge in [0.25, 0.3) is 0 Å². The lowest BCUT2D eigenvalue weighted by Crippen LogP contribution is -2.72. The van der Waals surface area contributed by atoms with Crippen molar-refractivity contribution in [2.45, 2.75) is 49.2 Å². The van der Waals surface area contributed by atoms with Gasteiger partial charge in [0.15, 0.2) is 11.5 Å². The number of ether oxygens (including phenoxy) is 2. The standard InChI is InChI=1S/C19H25NO4/c1-20-9-8-18-11-13(21)6-7-19(18,22)15(20)10-12-4-5-14(23-2)17(24-3)16(12)18/h4-5,15,22H,6-11H2,1-3H3/t15-,18-,19-/m1/s1. The lowest BCUT2D eigenvalue weighted by molar-refractivity contribution is -0.169. The molecule has 2 bridgehead atoms. The van der Waals surface area contributed by atoms with E-state index in [-0.39, 0.29) is 11.8 Å². The Labute approximate surface area is 142 Å². The molecule has 2 aliphatic carbocycles. The Morgan fingerprint density at radius 3 is 2.75 bits per heavy atom. The molecule has 0 amide bonds. The first-order valence-electron chi connectivity index (χ1n) is 8.65. The number of likely N-dealkylation sites (N-methyl/N-ethyl adjacent to an activating group) is 1. The molecule has 3 aliphatic rings. The third kappa shape index (κ3) is 1.80. The summed E-state index contributed by atoms with van der Waals surface area (Å²) in [6, 6.07) is 4.05. The van der Waals surface area contributed by atoms with Crippen LogP contribution in [0.5, 0.6) is 11.5 Å². The fraction of sp³-hybridized carbons (Fsp3) is 0.632. The Balaban J connectivity index is 2.02. The number of benzene rings is 1. The van der Waals surface area contributed by atoms with Crippen LogP contribution >= 0.6 is 0 Å². The van der Waals surface area contributed by atoms with Crippen molar-refractivity contribution in [1.29, 1.82) is 0 Å². The molecule has 1 aromatic rings. The third-order valence-electron chi connectivity index (χ3n) is 6.61. The van der Waals surface area contributed by atoms with E-state index in [2.05, 4.69) is 18.0 Å². The van der Waals surface area contributed by atoms with E-state index in [4.69, 9.17) is 9.47 Å². The van der Waals surface area contributed by atoms with E-state index in [0.29, 0.717) is 30.8 Å². The number of aliphatic hydroxyl groups is 1. The zero-order valence-corrected chi connectivity index (χ0v) is 14.6. The summed E-state index contributed by atoms with van der Waals surface area (Å²) in [6.07, 6.45) is 2.92. The summed E-state index contributed by atoms with van der Waals surface area (Å²) in [6.45, 7) is 0.875. The normalized spacial score (nSPS) is 35.2. The number of carbonyl (C=O) groups is 1. The number of fused-ring (bicyclic) bond motifs is 1. The molecule has 1 saturated carbocycles. The average Bonchev–Trinajstić information content (AvgIpc) is 2.57. The van der Waals surface area contributed by atoms with Gasteiger partial charge in [-0.2, -0.15) is 0 Å². The molecule has 1 N–H and O–H groups in total. The number of likely N-dealkylation sites (tertiary alicyclic amines) is 1. The number of methoxy groups -OCH3 is 2. The second-order valence-electron chi connectivity index (χ2n) is 7.51. The van der Waals surface area contributed by atoms with Gasteiger partial charge in [0.1, 0.15) is 5.78 Å². The average molecular weight is 331 g/mol. The number of ketones is 1. The first-order valence-corrected chi connectivity index (χ1v) is 8.65. The number of rotatable bonds is 2. The van der Waals surface area contributed by atoms with Crippen LogP contribution in [-0.2, 0) is 16.6 Å². The maximum atomic E-state index is 12.4. The van der Waals surface area contributed by atoms with Crippen LogP contribution in [0.15, 0.2) is 12.1 Å². The Hall–Kier alpha value is -1.59. The van der Waals surface area contributed by atoms with Crippen molar-refractivity contribution < 1.29 is 19.4 Å². The molecule has 1 aliphatic heterocycles. The van der Waals surface area contributed by atoms with Crippen molar-refractivity contribution in [3.8, 4) is 11.5 Å². The molecular weight excluding hydrogens is 306 g/mol. The Morgan fingerprint density at radius 2 is 2.04 bits per heavy atom. The lowest BCUT2D eigenvalue weighted by Gasteiger charge is -2.62. The van der Waals surface area contributed by atoms with Crippen molar-refractivity contribution in [3.63, 3.8) is 0 Å². The minimum Gasteiger partial charge on any atom is -0.493 e. The van der Waals surface area contributed by atoms with Gasteiger partial charge in [0, 0.05) is 29.9 Å². The molecule has 0 radical (unpaired) electrons. The molecule has 1 heterocycles. The van der Waals surface area contributed by atoms with Crippen LogP contribution in [0.25, 0.3) is 0 Å². The van der Waals surface area contributed by atoms with Crippen molar-refractivity contribution >= 4 is 5.78 Å². The van der Waals surface area contributed by atoms with Gasteiger partial charge < -0.3 is 19.5 Å². The molecule has 5 nitrogen and oxygen atoms in total. The summed E-state index contributed by atoms with van der Waals surface area (Å²) in [7, 11) is 5.34. The fourth-order valence-corrected chi connectivity index (χ4v) is 5.45. The van der Waals surface area contributed by atoms with E-state index in [1.807, 2.05) is 6.07 Å². The molecule has 1 aromatic carbocycles. The summed E-state index contributed by atoms with van der Waals surface area (Å²) < 4.78 is 11.2. The van der Waals surface area contributed by atoms with Crippen LogP contribution in [0.1, 0.15) is 36.8 Å². The highest BCUT2D eigenvalue weighted by molar-refractivity contribution is 5.83. The first kappa shape index (κ1) is 15.9. The van der Waals surface area contributed by atoms with E-state index < -0.39 is 11.0 Å². The highest BCUT2D eigenvalue weighted by Gasteiger charge is 2.65. The van der Waals surface area contributed by atoms with E-state index in [9.17, 15) is 9.90 Å². The summed E-state index contributed by atoms with van der Waals surface area (Å²) in [5.74, 6) is 1.59. The number of nitrogens with zero attached hydrogens (tertiary/aromatic N) is 1. The fourth-order valence-electron chi connectivity index (χ4n) is 5.45. The van der Waals surface area contributed by atoms with Gasteiger partial charge in [-0.15, -0.1) is 0 Å². The second-order valence-corrected chi connectivity index (χ2v) is 7.51. The van der Waals surface area contributed by atoms with Crippen molar-refractivity contribution in [2.24, 2.45) is 0 Å². The Bertz CT molecular complexity index is 703. The molecule has 3 atom stereocenters. The molecule has 24 heavy (non-hydrogen) atoms. The number of Topliss-reactive ketones (excluding diaryl/α,β-unsaturated/α-hetero) is 1. The molecule has 5 heteroatoms. The van der Waals surface area contributed by atoms with Crippen LogP contribution in [-0.4, -0.2) is 55.2 Å². The smallest absolute Gasteiger partial charge is 0.164 e. The summed E-state index contributed by atoms with van der Waals surface area (Å²) in [4.78, 5) is 14.7. The summed E-state index contributed by atoms with van der Waals surface area (Å²) in [5.41, 5.74) is 0.723. The summed E-state index contributed by atoms with van der Waals surface area (Å²) >= 11 is 0. The predicted octanol–water partition coefficient (Wildman–Crippen LogP) is 1.69. The molecule has 0 spiro atoms. The van der Waals surface area contributed by atoms with E-state index in [1.165, 1.54) is 5.56 Å². The quantitative estimate of drug-likeness (QED) is 0.894. The van der Waals surface area contributed by atoms with E-state index in [1.54, 1.807) is 14.2 Å². The number of carbonyl (C=O) groups excluding carboxylic acids is 1. The first-order chi connectivity index (χ1) is 11.5. The van der Waals surface area contributed by atoms with Crippen molar-refractivity contribution in [3.05, 3.63) is 23.3 Å². The van der Waals surface area contributed by atoms with E-state index >= 15 is 0 Å². The predicted molar refractivity (Wildman–Crippen MR) is 89.8 cm³/mol. The molecular formula is C19H25NO4. The minimum atomic E-state index is -0.888. The highest BCUT2D eigenvalue weighted by Crippen LogP contribution is 2.60. The second kappa shape index (κ2) is 5.20. The van der Waals surface area contributed by atoms with Crippen LogP contribution in [0.2, 0.25) is 0 Å². The van der Waals surface area contributed by atoms with Crippen LogP contribution < -0.4 is 9.47 Å². The third-order valence-corrected chi connectivity index (χ3v) is 6.61. The lowest BCUT2D eigenvalue weighted by atomic mass is 9.49. The largest absolute Gasteiger partial charge is 0.493 e. The zero-order valence-electron chi connectivity index (χ0n) is 14.6.